The molecule has 31 heavy (non-hydrogen) atoms. The number of carbonyl (C=O) groups is 1. The molecule has 0 aromatic heterocycles. The number of sulfonamides is 1. The van der Waals surface area contributed by atoms with Crippen LogP contribution in [0.1, 0.15) is 11.1 Å². The monoisotopic (exact) mass is 439 g/mol. The van der Waals surface area contributed by atoms with Crippen molar-refractivity contribution >= 4 is 21.6 Å². The van der Waals surface area contributed by atoms with Gasteiger partial charge < -0.3 is 10.5 Å². The van der Waals surface area contributed by atoms with Crippen LogP contribution in [0.5, 0.6) is 11.5 Å². The SMILES string of the molecule is Nc1ccc2c(c1)CN(S(=O)(=O)c1ccc(Oc3ccccc3)cc1)[C@@H](C(=O)NO)C2. The number of nitrogens with one attached hydrogen (secondary N) is 1. The molecule has 0 spiro atoms. The number of amides is 1. The minimum Gasteiger partial charge on any atom is -0.457 e. The highest BCUT2D eigenvalue weighted by Gasteiger charge is 2.39. The average Bonchev–Trinajstić information content (AvgIpc) is 2.78. The van der Waals surface area contributed by atoms with Crippen LogP contribution in [0.15, 0.2) is 77.7 Å². The third-order valence-corrected chi connectivity index (χ3v) is 7.01. The van der Waals surface area contributed by atoms with Crippen molar-refractivity contribution in [3.8, 4) is 11.5 Å². The van der Waals surface area contributed by atoms with Crippen LogP contribution >= 0.6 is 0 Å². The fourth-order valence-corrected chi connectivity index (χ4v) is 5.14. The molecule has 8 nitrogen and oxygen atoms in total. The number of fused-ring (bicyclic) bond motifs is 1. The van der Waals surface area contributed by atoms with E-state index in [1.807, 2.05) is 18.2 Å². The number of nitrogens with zero attached hydrogens (tertiary/aromatic N) is 1. The average molecular weight is 439 g/mol. The number of benzene rings is 3. The van der Waals surface area contributed by atoms with Gasteiger partial charge in [0.15, 0.2) is 0 Å². The first-order chi connectivity index (χ1) is 14.9. The number of para-hydroxylation sites is 1. The molecule has 9 heteroatoms. The van der Waals surface area contributed by atoms with Crippen molar-refractivity contribution in [3.63, 3.8) is 0 Å². The standard InChI is InChI=1S/C22H21N3O5S/c23-17-7-6-15-13-21(22(26)24-27)25(14-16(15)12-17)31(28,29)20-10-8-19(9-11-20)30-18-4-2-1-3-5-18/h1-12,21,27H,13-14,23H2,(H,24,26)/t21-/m1/s1. The Hall–Kier alpha value is -3.40. The number of nitrogen functional groups attached to an aromatic ring is 1. The third-order valence-electron chi connectivity index (χ3n) is 5.14. The topological polar surface area (TPSA) is 122 Å². The second-order valence-corrected chi connectivity index (χ2v) is 9.05. The van der Waals surface area contributed by atoms with Gasteiger partial charge in [-0.3, -0.25) is 10.0 Å². The molecule has 1 aliphatic rings. The molecule has 160 valence electrons. The van der Waals surface area contributed by atoms with E-state index in [2.05, 4.69) is 0 Å². The zero-order valence-corrected chi connectivity index (χ0v) is 17.2. The Labute approximate surface area is 179 Å². The highest BCUT2D eigenvalue weighted by molar-refractivity contribution is 7.89. The minimum absolute atomic E-state index is 0.0102. The molecule has 0 radical (unpaired) electrons. The van der Waals surface area contributed by atoms with Gasteiger partial charge >= 0.3 is 0 Å². The maximum Gasteiger partial charge on any atom is 0.262 e. The van der Waals surface area contributed by atoms with E-state index in [0.717, 1.165) is 15.4 Å². The molecule has 0 saturated heterocycles. The first-order valence-electron chi connectivity index (χ1n) is 9.54. The number of anilines is 1. The van der Waals surface area contributed by atoms with Crippen molar-refractivity contribution in [2.24, 2.45) is 0 Å². The van der Waals surface area contributed by atoms with Gasteiger partial charge in [0, 0.05) is 12.2 Å². The molecule has 0 fully saturated rings. The van der Waals surface area contributed by atoms with E-state index in [9.17, 15) is 13.2 Å². The maximum atomic E-state index is 13.4. The second-order valence-electron chi connectivity index (χ2n) is 7.16. The second kappa shape index (κ2) is 8.38. The van der Waals surface area contributed by atoms with E-state index >= 15 is 0 Å². The van der Waals surface area contributed by atoms with Crippen molar-refractivity contribution in [3.05, 3.63) is 83.9 Å². The number of hydrogen-bond acceptors (Lipinski definition) is 6. The summed E-state index contributed by atoms with van der Waals surface area (Å²) in [5, 5.41) is 9.15. The summed E-state index contributed by atoms with van der Waals surface area (Å²) in [6, 6.07) is 19.1. The largest absolute Gasteiger partial charge is 0.457 e. The summed E-state index contributed by atoms with van der Waals surface area (Å²) in [6.45, 7) is -0.0386. The number of nitrogens with two attached hydrogens (primary N) is 1. The molecule has 0 bridgehead atoms. The van der Waals surface area contributed by atoms with Gasteiger partial charge in [0.25, 0.3) is 5.91 Å². The summed E-state index contributed by atoms with van der Waals surface area (Å²) in [5.74, 6) is 0.310. The number of carbonyl (C=O) groups excluding carboxylic acids is 1. The predicted molar refractivity (Wildman–Crippen MR) is 114 cm³/mol. The Morgan fingerprint density at radius 3 is 2.35 bits per heavy atom. The van der Waals surface area contributed by atoms with Crippen LogP contribution in [0.25, 0.3) is 0 Å². The van der Waals surface area contributed by atoms with E-state index in [0.29, 0.717) is 17.2 Å². The molecule has 1 atom stereocenters. The molecule has 1 heterocycles. The summed E-state index contributed by atoms with van der Waals surface area (Å²) in [4.78, 5) is 12.3. The van der Waals surface area contributed by atoms with Gasteiger partial charge in [0.1, 0.15) is 17.5 Å². The number of hydroxylamine groups is 1. The molecule has 1 aliphatic heterocycles. The summed E-state index contributed by atoms with van der Waals surface area (Å²) >= 11 is 0. The number of rotatable bonds is 5. The van der Waals surface area contributed by atoms with Crippen LogP contribution in [0, 0.1) is 0 Å². The van der Waals surface area contributed by atoms with Gasteiger partial charge in [-0.2, -0.15) is 4.31 Å². The molecule has 0 aliphatic carbocycles. The summed E-state index contributed by atoms with van der Waals surface area (Å²) in [7, 11) is -4.05. The summed E-state index contributed by atoms with van der Waals surface area (Å²) in [5.41, 5.74) is 9.45. The van der Waals surface area contributed by atoms with Gasteiger partial charge in [0.05, 0.1) is 4.90 Å². The first kappa shape index (κ1) is 20.9. The third kappa shape index (κ3) is 4.24. The molecule has 3 aromatic carbocycles. The Morgan fingerprint density at radius 1 is 1.00 bits per heavy atom. The van der Waals surface area contributed by atoms with Crippen LogP contribution in [0.3, 0.4) is 0 Å². The van der Waals surface area contributed by atoms with Crippen LogP contribution in [-0.2, 0) is 27.8 Å². The van der Waals surface area contributed by atoms with Crippen molar-refractivity contribution in [1.82, 2.24) is 9.79 Å². The normalized spacial score (nSPS) is 16.4. The van der Waals surface area contributed by atoms with Crippen LogP contribution in [0.4, 0.5) is 5.69 Å². The van der Waals surface area contributed by atoms with Gasteiger partial charge in [-0.15, -0.1) is 0 Å². The van der Waals surface area contributed by atoms with Crippen LogP contribution in [-0.4, -0.2) is 29.9 Å². The lowest BCUT2D eigenvalue weighted by atomic mass is 9.95. The fraction of sp³-hybridized carbons (Fsp3) is 0.136. The van der Waals surface area contributed by atoms with Gasteiger partial charge in [0.2, 0.25) is 10.0 Å². The molecule has 3 aromatic rings. The quantitative estimate of drug-likeness (QED) is 0.319. The van der Waals surface area contributed by atoms with E-state index < -0.39 is 22.0 Å². The fourth-order valence-electron chi connectivity index (χ4n) is 3.57. The number of ether oxygens (including phenoxy) is 1. The van der Waals surface area contributed by atoms with Crippen LogP contribution < -0.4 is 16.0 Å². The first-order valence-corrected chi connectivity index (χ1v) is 11.0. The summed E-state index contributed by atoms with van der Waals surface area (Å²) < 4.78 is 33.5. The predicted octanol–water partition coefficient (Wildman–Crippen LogP) is 2.68. The minimum atomic E-state index is -4.05. The summed E-state index contributed by atoms with van der Waals surface area (Å²) in [6.07, 6.45) is 0.121. The Kier molecular flexibility index (Phi) is 5.64. The zero-order valence-electron chi connectivity index (χ0n) is 16.4. The molecule has 0 saturated carbocycles. The number of hydrogen-bond donors (Lipinski definition) is 3. The lowest BCUT2D eigenvalue weighted by molar-refractivity contribution is -0.133. The lowest BCUT2D eigenvalue weighted by Gasteiger charge is -2.34. The van der Waals surface area contributed by atoms with Gasteiger partial charge in [-0.25, -0.2) is 13.9 Å². The Balaban J connectivity index is 1.64. The molecular weight excluding hydrogens is 418 g/mol. The molecule has 1 amide bonds. The Morgan fingerprint density at radius 2 is 1.68 bits per heavy atom. The smallest absolute Gasteiger partial charge is 0.262 e. The van der Waals surface area contributed by atoms with Crippen molar-refractivity contribution in [2.75, 3.05) is 5.73 Å². The maximum absolute atomic E-state index is 13.4. The molecule has 4 rings (SSSR count). The van der Waals surface area contributed by atoms with Gasteiger partial charge in [-0.05, 0) is 66.1 Å². The van der Waals surface area contributed by atoms with Crippen molar-refractivity contribution in [2.45, 2.75) is 23.9 Å². The zero-order chi connectivity index (χ0) is 22.0. The van der Waals surface area contributed by atoms with Crippen LogP contribution in [0.2, 0.25) is 0 Å². The van der Waals surface area contributed by atoms with Gasteiger partial charge in [-0.1, -0.05) is 24.3 Å². The van der Waals surface area contributed by atoms with E-state index in [1.54, 1.807) is 47.9 Å². The molecular formula is C22H21N3O5S. The molecule has 0 unspecified atom stereocenters. The molecule has 4 N–H and O–H groups in total. The van der Waals surface area contributed by atoms with E-state index in [4.69, 9.17) is 15.7 Å². The van der Waals surface area contributed by atoms with Crippen molar-refractivity contribution in [1.29, 1.82) is 0 Å². The van der Waals surface area contributed by atoms with Crippen molar-refractivity contribution < 1.29 is 23.2 Å². The lowest BCUT2D eigenvalue weighted by Crippen LogP contribution is -2.51. The highest BCUT2D eigenvalue weighted by Crippen LogP contribution is 2.31. The Bertz CT molecular complexity index is 1200. The van der Waals surface area contributed by atoms with E-state index in [1.165, 1.54) is 12.1 Å². The highest BCUT2D eigenvalue weighted by atomic mass is 32.2. The van der Waals surface area contributed by atoms with E-state index in [-0.39, 0.29) is 17.9 Å².